The van der Waals surface area contributed by atoms with Gasteiger partial charge in [0.05, 0.1) is 0 Å². The third kappa shape index (κ3) is 3.47. The third-order valence-electron chi connectivity index (χ3n) is 4.05. The van der Waals surface area contributed by atoms with Crippen LogP contribution in [0.25, 0.3) is 0 Å². The number of likely N-dealkylation sites (tertiary alicyclic amines) is 1. The Balaban J connectivity index is 2.15. The molecule has 0 saturated carbocycles. The predicted octanol–water partition coefficient (Wildman–Crippen LogP) is 2.60. The van der Waals surface area contributed by atoms with Gasteiger partial charge in [-0.2, -0.15) is 0 Å². The molecule has 1 saturated heterocycles. The molecule has 1 aromatic rings. The molecule has 1 aliphatic rings. The largest absolute Gasteiger partial charge is 0.409 e. The van der Waals surface area contributed by atoms with Crippen molar-refractivity contribution in [3.05, 3.63) is 35.9 Å². The van der Waals surface area contributed by atoms with Crippen LogP contribution in [-0.2, 0) is 0 Å². The van der Waals surface area contributed by atoms with Crippen LogP contribution in [0.3, 0.4) is 0 Å². The molecular formula is C15H23N3O. The average Bonchev–Trinajstić information content (AvgIpc) is 2.94. The lowest BCUT2D eigenvalue weighted by Crippen LogP contribution is -2.30. The minimum atomic E-state index is 0.216. The van der Waals surface area contributed by atoms with Crippen molar-refractivity contribution in [1.29, 1.82) is 0 Å². The fourth-order valence-electron chi connectivity index (χ4n) is 2.85. The van der Waals surface area contributed by atoms with Gasteiger partial charge in [-0.05, 0) is 24.4 Å². The van der Waals surface area contributed by atoms with Gasteiger partial charge < -0.3 is 10.9 Å². The molecule has 1 aliphatic heterocycles. The lowest BCUT2D eigenvalue weighted by molar-refractivity contribution is 0.237. The molecule has 0 aliphatic carbocycles. The van der Waals surface area contributed by atoms with Gasteiger partial charge in [0.25, 0.3) is 0 Å². The van der Waals surface area contributed by atoms with E-state index in [1.54, 1.807) is 0 Å². The molecule has 19 heavy (non-hydrogen) atoms. The fourth-order valence-corrected chi connectivity index (χ4v) is 2.85. The van der Waals surface area contributed by atoms with Crippen molar-refractivity contribution in [2.45, 2.75) is 32.2 Å². The van der Waals surface area contributed by atoms with E-state index in [0.717, 1.165) is 19.0 Å². The second kappa shape index (κ2) is 6.57. The first kappa shape index (κ1) is 13.9. The molecule has 1 aromatic carbocycles. The number of rotatable bonds is 5. The summed E-state index contributed by atoms with van der Waals surface area (Å²) in [7, 11) is 0. The van der Waals surface area contributed by atoms with Crippen LogP contribution in [-0.4, -0.2) is 29.0 Å². The number of nitrogens with two attached hydrogens (primary N) is 1. The maximum Gasteiger partial charge on any atom is 0.141 e. The molecular weight excluding hydrogens is 238 g/mol. The minimum absolute atomic E-state index is 0.216. The first-order valence-electron chi connectivity index (χ1n) is 7.00. The first-order chi connectivity index (χ1) is 9.24. The number of hydrogen-bond donors (Lipinski definition) is 2. The molecule has 1 heterocycles. The first-order valence-corrected chi connectivity index (χ1v) is 7.00. The Morgan fingerprint density at radius 3 is 2.79 bits per heavy atom. The third-order valence-corrected chi connectivity index (χ3v) is 4.05. The van der Waals surface area contributed by atoms with Gasteiger partial charge in [-0.1, -0.05) is 48.8 Å². The molecule has 104 valence electrons. The Labute approximate surface area is 114 Å². The van der Waals surface area contributed by atoms with Crippen LogP contribution in [0.15, 0.2) is 35.5 Å². The smallest absolute Gasteiger partial charge is 0.141 e. The van der Waals surface area contributed by atoms with Gasteiger partial charge in [0.2, 0.25) is 0 Å². The summed E-state index contributed by atoms with van der Waals surface area (Å²) in [5, 5.41) is 11.9. The number of oxime groups is 1. The van der Waals surface area contributed by atoms with Crippen LogP contribution in [0.5, 0.6) is 0 Å². The molecule has 2 atom stereocenters. The monoisotopic (exact) mass is 261 g/mol. The summed E-state index contributed by atoms with van der Waals surface area (Å²) >= 11 is 0. The van der Waals surface area contributed by atoms with Crippen molar-refractivity contribution in [2.24, 2.45) is 16.8 Å². The summed E-state index contributed by atoms with van der Waals surface area (Å²) in [6, 6.07) is 10.6. The van der Waals surface area contributed by atoms with Crippen LogP contribution in [0, 0.1) is 5.92 Å². The number of benzene rings is 1. The zero-order valence-electron chi connectivity index (χ0n) is 11.5. The predicted molar refractivity (Wildman–Crippen MR) is 77.2 cm³/mol. The molecule has 0 bridgehead atoms. The lowest BCUT2D eigenvalue weighted by atomic mass is 10.0. The molecule has 0 radical (unpaired) electrons. The van der Waals surface area contributed by atoms with E-state index in [4.69, 9.17) is 10.9 Å². The van der Waals surface area contributed by atoms with Crippen LogP contribution in [0.2, 0.25) is 0 Å². The SMILES string of the molecule is CCC1CCN(C(C/C(N)=N/O)c2ccccc2)C1. The summed E-state index contributed by atoms with van der Waals surface area (Å²) in [5.41, 5.74) is 6.96. The summed E-state index contributed by atoms with van der Waals surface area (Å²) in [6.07, 6.45) is 3.05. The van der Waals surface area contributed by atoms with Gasteiger partial charge in [0.1, 0.15) is 5.84 Å². The normalized spacial score (nSPS) is 22.6. The summed E-state index contributed by atoms with van der Waals surface area (Å²) in [5.74, 6) is 1.08. The van der Waals surface area contributed by atoms with Crippen LogP contribution in [0.1, 0.15) is 37.8 Å². The van der Waals surface area contributed by atoms with Gasteiger partial charge >= 0.3 is 0 Å². The Hall–Kier alpha value is -1.55. The van der Waals surface area contributed by atoms with E-state index in [0.29, 0.717) is 12.3 Å². The van der Waals surface area contributed by atoms with Gasteiger partial charge in [0, 0.05) is 19.0 Å². The van der Waals surface area contributed by atoms with Crippen molar-refractivity contribution in [3.8, 4) is 0 Å². The molecule has 0 spiro atoms. The molecule has 4 nitrogen and oxygen atoms in total. The van der Waals surface area contributed by atoms with Crippen molar-refractivity contribution in [3.63, 3.8) is 0 Å². The van der Waals surface area contributed by atoms with E-state index in [9.17, 15) is 0 Å². The molecule has 0 amide bonds. The quantitative estimate of drug-likeness (QED) is 0.371. The highest BCUT2D eigenvalue weighted by Crippen LogP contribution is 2.31. The van der Waals surface area contributed by atoms with Crippen molar-refractivity contribution in [2.75, 3.05) is 13.1 Å². The number of amidine groups is 1. The van der Waals surface area contributed by atoms with Crippen LogP contribution < -0.4 is 5.73 Å². The standard InChI is InChI=1S/C15H23N3O/c1-2-12-8-9-18(11-12)14(10-15(16)17-19)13-6-4-3-5-7-13/h3-7,12,14,19H,2,8-11H2,1H3,(H2,16,17). The van der Waals surface area contributed by atoms with E-state index in [1.165, 1.54) is 18.4 Å². The lowest BCUT2D eigenvalue weighted by Gasteiger charge is -2.28. The highest BCUT2D eigenvalue weighted by molar-refractivity contribution is 5.80. The van der Waals surface area contributed by atoms with E-state index in [-0.39, 0.29) is 6.04 Å². The molecule has 2 unspecified atom stereocenters. The van der Waals surface area contributed by atoms with Crippen molar-refractivity contribution >= 4 is 5.84 Å². The van der Waals surface area contributed by atoms with Gasteiger partial charge in [0.15, 0.2) is 0 Å². The summed E-state index contributed by atoms with van der Waals surface area (Å²) in [4.78, 5) is 2.46. The average molecular weight is 261 g/mol. The second-order valence-corrected chi connectivity index (χ2v) is 5.28. The molecule has 3 N–H and O–H groups in total. The maximum atomic E-state index is 8.82. The Morgan fingerprint density at radius 1 is 1.47 bits per heavy atom. The van der Waals surface area contributed by atoms with E-state index in [2.05, 4.69) is 29.1 Å². The Kier molecular flexibility index (Phi) is 4.80. The summed E-state index contributed by atoms with van der Waals surface area (Å²) < 4.78 is 0. The topological polar surface area (TPSA) is 61.8 Å². The van der Waals surface area contributed by atoms with Gasteiger partial charge in [-0.25, -0.2) is 0 Å². The minimum Gasteiger partial charge on any atom is -0.409 e. The van der Waals surface area contributed by atoms with Crippen molar-refractivity contribution in [1.82, 2.24) is 4.90 Å². The zero-order chi connectivity index (χ0) is 13.7. The molecule has 0 aromatic heterocycles. The Morgan fingerprint density at radius 2 is 2.21 bits per heavy atom. The maximum absolute atomic E-state index is 8.82. The van der Waals surface area contributed by atoms with E-state index >= 15 is 0 Å². The molecule has 1 fully saturated rings. The van der Waals surface area contributed by atoms with Crippen molar-refractivity contribution < 1.29 is 5.21 Å². The Bertz CT molecular complexity index is 419. The van der Waals surface area contributed by atoms with Gasteiger partial charge in [-0.3, -0.25) is 4.90 Å². The van der Waals surface area contributed by atoms with Crippen LogP contribution >= 0.6 is 0 Å². The molecule has 4 heteroatoms. The zero-order valence-corrected chi connectivity index (χ0v) is 11.5. The number of hydrogen-bond acceptors (Lipinski definition) is 3. The van der Waals surface area contributed by atoms with E-state index < -0.39 is 0 Å². The number of nitrogens with zero attached hydrogens (tertiary/aromatic N) is 2. The summed E-state index contributed by atoms with van der Waals surface area (Å²) in [6.45, 7) is 4.45. The fraction of sp³-hybridized carbons (Fsp3) is 0.533. The van der Waals surface area contributed by atoms with Gasteiger partial charge in [-0.15, -0.1) is 0 Å². The van der Waals surface area contributed by atoms with Crippen LogP contribution in [0.4, 0.5) is 0 Å². The highest BCUT2D eigenvalue weighted by Gasteiger charge is 2.28. The highest BCUT2D eigenvalue weighted by atomic mass is 16.4. The second-order valence-electron chi connectivity index (χ2n) is 5.28. The van der Waals surface area contributed by atoms with E-state index in [1.807, 2.05) is 18.2 Å². The molecule has 2 rings (SSSR count).